The molecule has 0 unspecified atom stereocenters. The number of fused-ring (bicyclic) bond motifs is 1. The van der Waals surface area contributed by atoms with Crippen LogP contribution in [0.15, 0.2) is 16.6 Å². The molecular weight excluding hydrogens is 454 g/mol. The van der Waals surface area contributed by atoms with Crippen LogP contribution in [0.25, 0.3) is 10.9 Å². The van der Waals surface area contributed by atoms with Gasteiger partial charge < -0.3 is 19.5 Å². The van der Waals surface area contributed by atoms with Crippen LogP contribution in [0, 0.1) is 0 Å². The van der Waals surface area contributed by atoms with E-state index in [2.05, 4.69) is 35.8 Å². The topological polar surface area (TPSA) is 143 Å². The zero-order valence-electron chi connectivity index (χ0n) is 15.6. The van der Waals surface area contributed by atoms with Crippen molar-refractivity contribution in [1.82, 2.24) is 9.78 Å². The highest BCUT2D eigenvalue weighted by Gasteiger charge is 2.25. The van der Waals surface area contributed by atoms with Gasteiger partial charge in [-0.05, 0) is 28.1 Å². The molecule has 0 fully saturated rings. The molecule has 0 spiro atoms. The average Bonchev–Trinajstić information content (AvgIpc) is 3.06. The van der Waals surface area contributed by atoms with E-state index in [4.69, 9.17) is 4.74 Å². The predicted molar refractivity (Wildman–Crippen MR) is 101 cm³/mol. The molecule has 0 radical (unpaired) electrons. The molecule has 2 rings (SSSR count). The van der Waals surface area contributed by atoms with Crippen LogP contribution in [0.4, 0.5) is 5.69 Å². The second kappa shape index (κ2) is 9.28. The Morgan fingerprint density at radius 1 is 1.07 bits per heavy atom. The largest absolute Gasteiger partial charge is 0.464 e. The van der Waals surface area contributed by atoms with E-state index < -0.39 is 42.9 Å². The summed E-state index contributed by atoms with van der Waals surface area (Å²) in [7, 11) is 1.15. The summed E-state index contributed by atoms with van der Waals surface area (Å²) >= 11 is 3.28. The number of esters is 3. The monoisotopic (exact) mass is 469 g/mol. The molecule has 0 atom stereocenters. The number of hydrogen-bond acceptors (Lipinski definition) is 9. The second-order valence-electron chi connectivity index (χ2n) is 5.58. The Kier molecular flexibility index (Phi) is 7.04. The third kappa shape index (κ3) is 5.16. The van der Waals surface area contributed by atoms with Gasteiger partial charge in [-0.15, -0.1) is 0 Å². The quantitative estimate of drug-likeness (QED) is 0.488. The molecule has 154 valence electrons. The fourth-order valence-corrected chi connectivity index (χ4v) is 2.90. The van der Waals surface area contributed by atoms with Crippen LogP contribution in [-0.4, -0.2) is 59.8 Å². The summed E-state index contributed by atoms with van der Waals surface area (Å²) in [4.78, 5) is 58.2. The molecule has 1 amide bonds. The van der Waals surface area contributed by atoms with Crippen molar-refractivity contribution in [1.29, 1.82) is 0 Å². The van der Waals surface area contributed by atoms with Crippen LogP contribution < -0.4 is 5.32 Å². The van der Waals surface area contributed by atoms with E-state index >= 15 is 0 Å². The highest BCUT2D eigenvalue weighted by Crippen LogP contribution is 2.34. The molecule has 1 aromatic carbocycles. The van der Waals surface area contributed by atoms with Crippen molar-refractivity contribution >= 4 is 62.2 Å². The molecule has 12 heteroatoms. The summed E-state index contributed by atoms with van der Waals surface area (Å²) < 4.78 is 15.2. The predicted octanol–water partition coefficient (Wildman–Crippen LogP) is 1.29. The van der Waals surface area contributed by atoms with E-state index in [0.717, 1.165) is 18.7 Å². The number of carbonyl (C=O) groups excluding carboxylic acids is 5. The van der Waals surface area contributed by atoms with Gasteiger partial charge in [0.05, 0.1) is 28.2 Å². The molecule has 0 saturated heterocycles. The van der Waals surface area contributed by atoms with E-state index in [0.29, 0.717) is 0 Å². The van der Waals surface area contributed by atoms with Gasteiger partial charge in [0.1, 0.15) is 0 Å². The number of nitrogens with zero attached hydrogens (tertiary/aromatic N) is 2. The number of rotatable bonds is 6. The number of hydrogen-bond donors (Lipinski definition) is 1. The average molecular weight is 470 g/mol. The van der Waals surface area contributed by atoms with Crippen LogP contribution in [0.2, 0.25) is 0 Å². The van der Waals surface area contributed by atoms with Crippen LogP contribution in [0.5, 0.6) is 0 Å². The summed E-state index contributed by atoms with van der Waals surface area (Å²) in [5.41, 5.74) is 0.265. The molecule has 1 aromatic heterocycles. The molecule has 29 heavy (non-hydrogen) atoms. The van der Waals surface area contributed by atoms with Crippen LogP contribution in [0.3, 0.4) is 0 Å². The van der Waals surface area contributed by atoms with Gasteiger partial charge in [-0.25, -0.2) is 4.79 Å². The zero-order valence-corrected chi connectivity index (χ0v) is 17.2. The normalized spacial score (nSPS) is 10.3. The lowest BCUT2D eigenvalue weighted by molar-refractivity contribution is -0.145. The Morgan fingerprint density at radius 2 is 1.69 bits per heavy atom. The minimum Gasteiger partial charge on any atom is -0.464 e. The number of carbonyl (C=O) groups is 5. The van der Waals surface area contributed by atoms with Crippen LogP contribution >= 0.6 is 15.9 Å². The maximum absolute atomic E-state index is 12.3. The van der Waals surface area contributed by atoms with Crippen molar-refractivity contribution in [3.05, 3.63) is 22.3 Å². The Hall–Kier alpha value is -3.28. The molecule has 11 nitrogen and oxygen atoms in total. The van der Waals surface area contributed by atoms with Gasteiger partial charge >= 0.3 is 17.9 Å². The summed E-state index contributed by atoms with van der Waals surface area (Å²) in [6.45, 7) is 1.24. The Morgan fingerprint density at radius 3 is 2.28 bits per heavy atom. The standard InChI is InChI=1S/C17H16BrN3O8/c1-8(22)28-6-12(24)19-10-4-5-11-14(15(10)18)16(17(26)27-3)20-21(11)13(25)7-29-9(2)23/h4-5H,6-7H2,1-3H3,(H,19,24). The highest BCUT2D eigenvalue weighted by atomic mass is 79.9. The van der Waals surface area contributed by atoms with Crippen molar-refractivity contribution in [3.8, 4) is 0 Å². The molecule has 2 aromatic rings. The molecule has 1 heterocycles. The first kappa shape index (κ1) is 22.0. The lowest BCUT2D eigenvalue weighted by Gasteiger charge is -2.09. The first-order valence-electron chi connectivity index (χ1n) is 8.05. The Bertz CT molecular complexity index is 1010. The van der Waals surface area contributed by atoms with Crippen LogP contribution in [0.1, 0.15) is 29.1 Å². The van der Waals surface area contributed by atoms with E-state index in [9.17, 15) is 24.0 Å². The summed E-state index contributed by atoms with van der Waals surface area (Å²) in [5.74, 6) is -3.40. The van der Waals surface area contributed by atoms with Crippen molar-refractivity contribution in [2.45, 2.75) is 13.8 Å². The van der Waals surface area contributed by atoms with Crippen LogP contribution in [-0.2, 0) is 28.6 Å². The lowest BCUT2D eigenvalue weighted by Crippen LogP contribution is -2.21. The SMILES string of the molecule is COC(=O)c1nn(C(=O)COC(C)=O)c2ccc(NC(=O)COC(C)=O)c(Br)c12. The number of benzene rings is 1. The number of aromatic nitrogens is 2. The summed E-state index contributed by atoms with van der Waals surface area (Å²) in [6.07, 6.45) is 0. The molecule has 1 N–H and O–H groups in total. The molecule has 0 aliphatic heterocycles. The molecule has 0 aliphatic rings. The van der Waals surface area contributed by atoms with Gasteiger partial charge in [-0.3, -0.25) is 19.2 Å². The van der Waals surface area contributed by atoms with Gasteiger partial charge in [0.2, 0.25) is 0 Å². The van der Waals surface area contributed by atoms with Gasteiger partial charge in [0.15, 0.2) is 18.9 Å². The fourth-order valence-electron chi connectivity index (χ4n) is 2.28. The van der Waals surface area contributed by atoms with E-state index in [1.165, 1.54) is 19.1 Å². The Labute approximate surface area is 172 Å². The third-order valence-electron chi connectivity index (χ3n) is 3.48. The maximum Gasteiger partial charge on any atom is 0.359 e. The van der Waals surface area contributed by atoms with E-state index in [1.807, 2.05) is 0 Å². The van der Waals surface area contributed by atoms with Gasteiger partial charge in [0, 0.05) is 13.8 Å². The van der Waals surface area contributed by atoms with Gasteiger partial charge in [-0.1, -0.05) is 0 Å². The second-order valence-corrected chi connectivity index (χ2v) is 6.37. The number of methoxy groups -OCH3 is 1. The minimum atomic E-state index is -0.821. The van der Waals surface area contributed by atoms with Crippen molar-refractivity contribution in [3.63, 3.8) is 0 Å². The molecule has 0 bridgehead atoms. The van der Waals surface area contributed by atoms with E-state index in [-0.39, 0.29) is 26.8 Å². The summed E-state index contributed by atoms with van der Waals surface area (Å²) in [6, 6.07) is 2.89. The molecule has 0 aliphatic carbocycles. The van der Waals surface area contributed by atoms with E-state index in [1.54, 1.807) is 0 Å². The van der Waals surface area contributed by atoms with Crippen molar-refractivity contribution in [2.75, 3.05) is 25.6 Å². The lowest BCUT2D eigenvalue weighted by atomic mass is 10.2. The smallest absolute Gasteiger partial charge is 0.359 e. The van der Waals surface area contributed by atoms with Gasteiger partial charge in [-0.2, -0.15) is 9.78 Å². The van der Waals surface area contributed by atoms with Gasteiger partial charge in [0.25, 0.3) is 11.8 Å². The Balaban J connectivity index is 2.48. The number of halogens is 1. The third-order valence-corrected chi connectivity index (χ3v) is 4.30. The fraction of sp³-hybridized carbons (Fsp3) is 0.294. The first-order valence-corrected chi connectivity index (χ1v) is 8.84. The number of anilines is 1. The number of ether oxygens (including phenoxy) is 3. The maximum atomic E-state index is 12.3. The molecule has 0 saturated carbocycles. The molecular formula is C17H16BrN3O8. The first-order chi connectivity index (χ1) is 13.6. The van der Waals surface area contributed by atoms with Crippen molar-refractivity contribution in [2.24, 2.45) is 0 Å². The zero-order chi connectivity index (χ0) is 21.7. The van der Waals surface area contributed by atoms with Crippen molar-refractivity contribution < 1.29 is 38.2 Å². The highest BCUT2D eigenvalue weighted by molar-refractivity contribution is 9.10. The minimum absolute atomic E-state index is 0.193. The number of amides is 1. The number of nitrogens with one attached hydrogen (secondary N) is 1. The summed E-state index contributed by atoms with van der Waals surface area (Å²) in [5, 5.41) is 6.67.